The van der Waals surface area contributed by atoms with Crippen molar-refractivity contribution in [2.75, 3.05) is 0 Å². The summed E-state index contributed by atoms with van der Waals surface area (Å²) in [6.07, 6.45) is -1.08. The van der Waals surface area contributed by atoms with Crippen molar-refractivity contribution in [1.29, 1.82) is 0 Å². The van der Waals surface area contributed by atoms with Crippen LogP contribution in [0.2, 0.25) is 0 Å². The van der Waals surface area contributed by atoms with Crippen LogP contribution in [0.3, 0.4) is 0 Å². The van der Waals surface area contributed by atoms with E-state index in [1.165, 1.54) is 0 Å². The van der Waals surface area contributed by atoms with Gasteiger partial charge in [-0.3, -0.25) is 0 Å². The molecule has 0 rings (SSSR count). The summed E-state index contributed by atoms with van der Waals surface area (Å²) >= 11 is 0. The van der Waals surface area contributed by atoms with Crippen molar-refractivity contribution in [2.24, 2.45) is 0 Å². The molecule has 0 saturated carbocycles. The van der Waals surface area contributed by atoms with Gasteiger partial charge < -0.3 is 15.0 Å². The molecule has 1 unspecified atom stereocenters. The minimum atomic E-state index is -1.40. The van der Waals surface area contributed by atoms with Gasteiger partial charge in [0, 0.05) is 0 Å². The Kier molecular flexibility index (Phi) is 7.32. The Hall–Kier alpha value is 0.170. The summed E-state index contributed by atoms with van der Waals surface area (Å²) in [6, 6.07) is 0. The molecular formula is C4H7AgO3. The topological polar surface area (TPSA) is 60.4 Å². The van der Waals surface area contributed by atoms with E-state index >= 15 is 0 Å². The molecule has 4 heteroatoms. The average molecular weight is 211 g/mol. The number of aliphatic hydroxyl groups is 1. The van der Waals surface area contributed by atoms with Gasteiger partial charge >= 0.3 is 22.4 Å². The van der Waals surface area contributed by atoms with E-state index in [1.807, 2.05) is 0 Å². The molecule has 0 aliphatic carbocycles. The summed E-state index contributed by atoms with van der Waals surface area (Å²) in [6.45, 7) is 1.57. The van der Waals surface area contributed by atoms with E-state index in [0.29, 0.717) is 0 Å². The minimum absolute atomic E-state index is 0. The molecule has 0 aliphatic heterocycles. The molecule has 0 aliphatic rings. The summed E-state index contributed by atoms with van der Waals surface area (Å²) in [4.78, 5) is 9.57. The molecule has 0 fully saturated rings. The van der Waals surface area contributed by atoms with Gasteiger partial charge in [0.1, 0.15) is 0 Å². The Labute approximate surface area is 63.2 Å². The number of aliphatic carboxylic acids is 1. The summed E-state index contributed by atoms with van der Waals surface area (Å²) in [5, 5.41) is 17.8. The van der Waals surface area contributed by atoms with Crippen LogP contribution >= 0.6 is 0 Å². The molecule has 0 radical (unpaired) electrons. The van der Waals surface area contributed by atoms with Crippen molar-refractivity contribution in [3.8, 4) is 0 Å². The molecule has 0 bridgehead atoms. The second-order valence-electron chi connectivity index (χ2n) is 1.24. The number of carbonyl (C=O) groups is 1. The van der Waals surface area contributed by atoms with Gasteiger partial charge in [-0.15, -0.1) is 0 Å². The minimum Gasteiger partial charge on any atom is -0.547 e. The van der Waals surface area contributed by atoms with Gasteiger partial charge in [-0.1, -0.05) is 6.92 Å². The number of rotatable bonds is 2. The van der Waals surface area contributed by atoms with Gasteiger partial charge in [0.15, 0.2) is 0 Å². The molecule has 0 aromatic rings. The molecule has 0 amide bonds. The monoisotopic (exact) mass is 210 g/mol. The Morgan fingerprint density at radius 1 is 1.88 bits per heavy atom. The quantitative estimate of drug-likeness (QED) is 0.565. The van der Waals surface area contributed by atoms with Gasteiger partial charge in [0.25, 0.3) is 0 Å². The number of carbonyl (C=O) groups excluding carboxylic acids is 1. The Morgan fingerprint density at radius 3 is 2.25 bits per heavy atom. The van der Waals surface area contributed by atoms with Crippen LogP contribution < -0.4 is 5.11 Å². The van der Waals surface area contributed by atoms with Crippen molar-refractivity contribution < 1.29 is 37.4 Å². The third-order valence-electron chi connectivity index (χ3n) is 0.659. The molecule has 1 atom stereocenters. The molecule has 8 heavy (non-hydrogen) atoms. The number of hydrogen-bond donors (Lipinski definition) is 1. The first-order valence-electron chi connectivity index (χ1n) is 2.07. The first-order valence-corrected chi connectivity index (χ1v) is 2.07. The van der Waals surface area contributed by atoms with Crippen molar-refractivity contribution in [2.45, 2.75) is 19.4 Å². The predicted molar refractivity (Wildman–Crippen MR) is 21.3 cm³/mol. The van der Waals surface area contributed by atoms with Crippen LogP contribution in [0.25, 0.3) is 0 Å². The average Bonchev–Trinajstić information content (AvgIpc) is 1.65. The molecule has 0 heterocycles. The number of aliphatic hydroxyl groups excluding tert-OH is 1. The van der Waals surface area contributed by atoms with Crippen LogP contribution in [-0.4, -0.2) is 17.2 Å². The molecular weight excluding hydrogens is 204 g/mol. The predicted octanol–water partition coefficient (Wildman–Crippen LogP) is -1.50. The van der Waals surface area contributed by atoms with Crippen LogP contribution in [0.5, 0.6) is 0 Å². The van der Waals surface area contributed by atoms with E-state index in [2.05, 4.69) is 0 Å². The smallest absolute Gasteiger partial charge is 0.547 e. The maximum atomic E-state index is 9.57. The Bertz CT molecular complexity index is 73.7. The molecule has 0 spiro atoms. The summed E-state index contributed by atoms with van der Waals surface area (Å²) in [7, 11) is 0. The zero-order valence-electron chi connectivity index (χ0n) is 4.35. The van der Waals surface area contributed by atoms with E-state index in [4.69, 9.17) is 5.11 Å². The van der Waals surface area contributed by atoms with E-state index in [1.54, 1.807) is 6.92 Å². The van der Waals surface area contributed by atoms with E-state index in [-0.39, 0.29) is 28.8 Å². The van der Waals surface area contributed by atoms with E-state index < -0.39 is 12.1 Å². The normalized spacial score (nSPS) is 11.8. The largest absolute Gasteiger partial charge is 1.00 e. The van der Waals surface area contributed by atoms with Gasteiger partial charge in [0.2, 0.25) is 0 Å². The van der Waals surface area contributed by atoms with Gasteiger partial charge in [-0.25, -0.2) is 0 Å². The van der Waals surface area contributed by atoms with Crippen molar-refractivity contribution in [3.63, 3.8) is 0 Å². The fourth-order valence-electron chi connectivity index (χ4n) is 0.167. The third-order valence-corrected chi connectivity index (χ3v) is 0.659. The number of hydrogen-bond acceptors (Lipinski definition) is 3. The summed E-state index contributed by atoms with van der Waals surface area (Å²) < 4.78 is 0. The van der Waals surface area contributed by atoms with Crippen LogP contribution in [0.1, 0.15) is 13.3 Å². The zero-order chi connectivity index (χ0) is 5.86. The molecule has 1 N–H and O–H groups in total. The van der Waals surface area contributed by atoms with E-state index in [9.17, 15) is 9.90 Å². The third kappa shape index (κ3) is 4.33. The van der Waals surface area contributed by atoms with Gasteiger partial charge in [-0.2, -0.15) is 0 Å². The zero-order valence-corrected chi connectivity index (χ0v) is 5.83. The summed E-state index contributed by atoms with van der Waals surface area (Å²) in [5.41, 5.74) is 0. The number of carboxylic acid groups (broad SMARTS) is 1. The van der Waals surface area contributed by atoms with Crippen LogP contribution in [0.4, 0.5) is 0 Å². The molecule has 0 aromatic carbocycles. The summed E-state index contributed by atoms with van der Waals surface area (Å²) in [5.74, 6) is -1.40. The standard InChI is InChI=1S/C4H8O3.Ag/c1-2-3(5)4(6)7;/h3,5H,2H2,1H3,(H,6,7);/q;+1/p-1. The maximum Gasteiger partial charge on any atom is 1.00 e. The molecule has 0 saturated heterocycles. The fraction of sp³-hybridized carbons (Fsp3) is 0.750. The second kappa shape index (κ2) is 5.31. The fourth-order valence-corrected chi connectivity index (χ4v) is 0.167. The van der Waals surface area contributed by atoms with Crippen LogP contribution in [-0.2, 0) is 27.2 Å². The van der Waals surface area contributed by atoms with Crippen LogP contribution in [0, 0.1) is 0 Å². The van der Waals surface area contributed by atoms with Gasteiger partial charge in [0.05, 0.1) is 12.1 Å². The molecule has 0 aromatic heterocycles. The van der Waals surface area contributed by atoms with Crippen molar-refractivity contribution >= 4 is 5.97 Å². The Morgan fingerprint density at radius 2 is 2.25 bits per heavy atom. The van der Waals surface area contributed by atoms with Crippen molar-refractivity contribution in [1.82, 2.24) is 0 Å². The SMILES string of the molecule is CCC(O)C(=O)[O-].[Ag+]. The first kappa shape index (κ1) is 11.0. The molecule has 52 valence electrons. The second-order valence-corrected chi connectivity index (χ2v) is 1.24. The number of carboxylic acids is 1. The Balaban J connectivity index is 0. The van der Waals surface area contributed by atoms with Crippen molar-refractivity contribution in [3.05, 3.63) is 0 Å². The first-order chi connectivity index (χ1) is 3.18. The maximum absolute atomic E-state index is 9.57. The van der Waals surface area contributed by atoms with E-state index in [0.717, 1.165) is 0 Å². The van der Waals surface area contributed by atoms with Crippen LogP contribution in [0.15, 0.2) is 0 Å². The molecule has 3 nitrogen and oxygen atoms in total. The van der Waals surface area contributed by atoms with Gasteiger partial charge in [-0.05, 0) is 6.42 Å².